The third-order valence-electron chi connectivity index (χ3n) is 7.69. The third kappa shape index (κ3) is 3.74. The van der Waals surface area contributed by atoms with E-state index in [-0.39, 0.29) is 17.1 Å². The number of piperidine rings is 1. The van der Waals surface area contributed by atoms with Crippen LogP contribution >= 0.6 is 0 Å². The van der Waals surface area contributed by atoms with Crippen LogP contribution in [-0.4, -0.2) is 46.8 Å². The number of aromatic nitrogens is 2. The first kappa shape index (κ1) is 20.8. The lowest BCUT2D eigenvalue weighted by Gasteiger charge is -2.54. The summed E-state index contributed by atoms with van der Waals surface area (Å²) in [4.78, 5) is 10.2. The molecular weight excluding hydrogens is 390 g/mol. The van der Waals surface area contributed by atoms with Crippen LogP contribution in [-0.2, 0) is 11.3 Å². The summed E-state index contributed by atoms with van der Waals surface area (Å²) in [5.41, 5.74) is 3.45. The fourth-order valence-electron chi connectivity index (χ4n) is 5.70. The Kier molecular flexibility index (Phi) is 5.25. The van der Waals surface area contributed by atoms with Crippen LogP contribution in [0.5, 0.6) is 11.5 Å². The maximum atomic E-state index is 6.66. The molecule has 0 saturated carbocycles. The molecule has 0 unspecified atom stereocenters. The molecule has 3 aliphatic rings. The first-order valence-corrected chi connectivity index (χ1v) is 11.7. The van der Waals surface area contributed by atoms with Gasteiger partial charge in [0.25, 0.3) is 0 Å². The van der Waals surface area contributed by atoms with Gasteiger partial charge in [0.2, 0.25) is 0 Å². The summed E-state index contributed by atoms with van der Waals surface area (Å²) in [6.45, 7) is 13.1. The van der Waals surface area contributed by atoms with E-state index in [1.807, 2.05) is 13.0 Å². The number of ether oxygens (including phenoxy) is 3. The van der Waals surface area contributed by atoms with Gasteiger partial charge in [-0.25, -0.2) is 4.98 Å². The number of aromatic amines is 1. The van der Waals surface area contributed by atoms with E-state index >= 15 is 0 Å². The number of nitrogens with one attached hydrogen (secondary N) is 1. The van der Waals surface area contributed by atoms with Crippen molar-refractivity contribution in [1.29, 1.82) is 0 Å². The first-order valence-electron chi connectivity index (χ1n) is 11.7. The number of hydrogen-bond acceptors (Lipinski definition) is 5. The van der Waals surface area contributed by atoms with E-state index in [1.54, 1.807) is 6.33 Å². The van der Waals surface area contributed by atoms with Crippen molar-refractivity contribution in [2.45, 2.75) is 65.2 Å². The van der Waals surface area contributed by atoms with Crippen molar-refractivity contribution >= 4 is 0 Å². The molecule has 1 N–H and O–H groups in total. The van der Waals surface area contributed by atoms with Crippen LogP contribution in [0.3, 0.4) is 0 Å². The zero-order chi connectivity index (χ0) is 21.6. The number of nitrogens with zero attached hydrogens (tertiary/aromatic N) is 2. The summed E-state index contributed by atoms with van der Waals surface area (Å²) in [6.07, 6.45) is 5.36. The molecule has 5 rings (SSSR count). The van der Waals surface area contributed by atoms with Gasteiger partial charge in [-0.05, 0) is 71.5 Å². The van der Waals surface area contributed by atoms with E-state index in [0.29, 0.717) is 12.5 Å². The van der Waals surface area contributed by atoms with Gasteiger partial charge in [-0.15, -0.1) is 0 Å². The van der Waals surface area contributed by atoms with Gasteiger partial charge >= 0.3 is 0 Å². The molecule has 2 fully saturated rings. The molecule has 0 amide bonds. The molecule has 3 aliphatic heterocycles. The highest BCUT2D eigenvalue weighted by Crippen LogP contribution is 2.57. The van der Waals surface area contributed by atoms with E-state index in [1.165, 1.54) is 24.2 Å². The Morgan fingerprint density at radius 3 is 2.77 bits per heavy atom. The minimum Gasteiger partial charge on any atom is -0.490 e. The number of aryl methyl sites for hydroxylation is 1. The van der Waals surface area contributed by atoms with Gasteiger partial charge < -0.3 is 19.2 Å². The number of rotatable bonds is 4. The highest BCUT2D eigenvalue weighted by molar-refractivity contribution is 5.50. The summed E-state index contributed by atoms with van der Waals surface area (Å²) in [5, 5.41) is 0. The molecule has 0 radical (unpaired) electrons. The molecule has 4 heterocycles. The SMILES string of the molecule is CCOc1cccc2c1OC(C)(C)[C@H]1CC3(CCN(Cc4nc[nH]c4C)CC3)CO[C@H]21. The van der Waals surface area contributed by atoms with Crippen molar-refractivity contribution in [1.82, 2.24) is 14.9 Å². The summed E-state index contributed by atoms with van der Waals surface area (Å²) < 4.78 is 19.1. The smallest absolute Gasteiger partial charge is 0.167 e. The monoisotopic (exact) mass is 425 g/mol. The van der Waals surface area contributed by atoms with Crippen LogP contribution in [0.2, 0.25) is 0 Å². The predicted molar refractivity (Wildman–Crippen MR) is 119 cm³/mol. The average molecular weight is 426 g/mol. The molecule has 2 aromatic rings. The molecule has 1 spiro atoms. The maximum Gasteiger partial charge on any atom is 0.167 e. The molecular formula is C25H35N3O3. The van der Waals surface area contributed by atoms with Gasteiger partial charge in [-0.1, -0.05) is 12.1 Å². The quantitative estimate of drug-likeness (QED) is 0.773. The molecule has 0 aliphatic carbocycles. The number of hydrogen-bond donors (Lipinski definition) is 1. The van der Waals surface area contributed by atoms with Crippen LogP contribution in [0.15, 0.2) is 24.5 Å². The van der Waals surface area contributed by atoms with E-state index in [2.05, 4.69) is 47.8 Å². The lowest BCUT2D eigenvalue weighted by atomic mass is 9.64. The Morgan fingerprint density at radius 2 is 2.06 bits per heavy atom. The topological polar surface area (TPSA) is 59.6 Å². The summed E-state index contributed by atoms with van der Waals surface area (Å²) in [6, 6.07) is 6.21. The number of benzene rings is 1. The second-order valence-electron chi connectivity index (χ2n) is 10.1. The van der Waals surface area contributed by atoms with Crippen molar-refractivity contribution < 1.29 is 14.2 Å². The Morgan fingerprint density at radius 1 is 1.26 bits per heavy atom. The van der Waals surface area contributed by atoms with Gasteiger partial charge in [-0.2, -0.15) is 0 Å². The fourth-order valence-corrected chi connectivity index (χ4v) is 5.70. The number of H-pyrrole nitrogens is 1. The Labute approximate surface area is 185 Å². The van der Waals surface area contributed by atoms with E-state index < -0.39 is 0 Å². The maximum absolute atomic E-state index is 6.66. The zero-order valence-electron chi connectivity index (χ0n) is 19.2. The van der Waals surface area contributed by atoms with Gasteiger partial charge in [-0.3, -0.25) is 4.90 Å². The van der Waals surface area contributed by atoms with Gasteiger partial charge in [0, 0.05) is 23.7 Å². The van der Waals surface area contributed by atoms with Crippen molar-refractivity contribution in [2.24, 2.45) is 11.3 Å². The highest BCUT2D eigenvalue weighted by atomic mass is 16.5. The summed E-state index contributed by atoms with van der Waals surface area (Å²) >= 11 is 0. The number of imidazole rings is 1. The van der Waals surface area contributed by atoms with Crippen molar-refractivity contribution in [3.05, 3.63) is 41.5 Å². The minimum atomic E-state index is -0.290. The van der Waals surface area contributed by atoms with Crippen molar-refractivity contribution in [2.75, 3.05) is 26.3 Å². The lowest BCUT2D eigenvalue weighted by Crippen LogP contribution is -2.54. The average Bonchev–Trinajstić information content (AvgIpc) is 3.15. The second-order valence-corrected chi connectivity index (χ2v) is 10.1. The van der Waals surface area contributed by atoms with Crippen LogP contribution < -0.4 is 9.47 Å². The van der Waals surface area contributed by atoms with Crippen molar-refractivity contribution in [3.63, 3.8) is 0 Å². The predicted octanol–water partition coefficient (Wildman–Crippen LogP) is 4.65. The molecule has 6 heteroatoms. The molecule has 168 valence electrons. The first-order chi connectivity index (χ1) is 14.9. The molecule has 6 nitrogen and oxygen atoms in total. The summed E-state index contributed by atoms with van der Waals surface area (Å²) in [7, 11) is 0. The largest absolute Gasteiger partial charge is 0.490 e. The van der Waals surface area contributed by atoms with Gasteiger partial charge in [0.15, 0.2) is 11.5 Å². The van der Waals surface area contributed by atoms with Crippen molar-refractivity contribution in [3.8, 4) is 11.5 Å². The lowest BCUT2D eigenvalue weighted by molar-refractivity contribution is -0.175. The number of likely N-dealkylation sites (tertiary alicyclic amines) is 1. The third-order valence-corrected chi connectivity index (χ3v) is 7.69. The number of para-hydroxylation sites is 1. The minimum absolute atomic E-state index is 0.0783. The normalized spacial score (nSPS) is 26.7. The van der Waals surface area contributed by atoms with E-state index in [4.69, 9.17) is 14.2 Å². The molecule has 1 aromatic heterocycles. The standard InChI is InChI=1S/C25H35N3O3/c1-5-29-21-8-6-7-18-22-19(24(3,4)31-23(18)21)13-25(15-30-22)9-11-28(12-10-25)14-20-17(2)26-16-27-20/h6-8,16,19,22H,5,9-15H2,1-4H3,(H,26,27)/t19-,22+/m0/s1. The molecule has 31 heavy (non-hydrogen) atoms. The molecule has 1 aromatic carbocycles. The molecule has 0 bridgehead atoms. The Bertz CT molecular complexity index is 930. The molecule has 2 atom stereocenters. The van der Waals surface area contributed by atoms with Crippen LogP contribution in [0, 0.1) is 18.3 Å². The Balaban J connectivity index is 1.32. The highest BCUT2D eigenvalue weighted by Gasteiger charge is 2.53. The number of fused-ring (bicyclic) bond motifs is 3. The Hall–Kier alpha value is -2.05. The van der Waals surface area contributed by atoms with E-state index in [0.717, 1.165) is 49.7 Å². The van der Waals surface area contributed by atoms with Gasteiger partial charge in [0.1, 0.15) is 5.60 Å². The second kappa shape index (κ2) is 7.82. The van der Waals surface area contributed by atoms with Crippen LogP contribution in [0.25, 0.3) is 0 Å². The zero-order valence-corrected chi connectivity index (χ0v) is 19.2. The van der Waals surface area contributed by atoms with E-state index in [9.17, 15) is 0 Å². The fraction of sp³-hybridized carbons (Fsp3) is 0.640. The van der Waals surface area contributed by atoms with Crippen LogP contribution in [0.1, 0.15) is 63.1 Å². The summed E-state index contributed by atoms with van der Waals surface area (Å²) in [5.74, 6) is 2.04. The molecule has 2 saturated heterocycles. The van der Waals surface area contributed by atoms with Crippen LogP contribution in [0.4, 0.5) is 0 Å². The van der Waals surface area contributed by atoms with Gasteiger partial charge in [0.05, 0.1) is 31.3 Å².